The molecule has 2 aromatic carbocycles. The third-order valence-corrected chi connectivity index (χ3v) is 19.4. The molecule has 0 saturated carbocycles. The van der Waals surface area contributed by atoms with E-state index in [2.05, 4.69) is 21.3 Å². The maximum Gasteiger partial charge on any atom is 0.246 e. The topological polar surface area (TPSA) is 288 Å². The quantitative estimate of drug-likeness (QED) is 0.211. The molecule has 0 unspecified atom stereocenters. The number of ether oxygens (including phenoxy) is 1. The number of hydrogen-bond donors (Lipinski definition) is 4. The summed E-state index contributed by atoms with van der Waals surface area (Å²) in [6, 6.07) is -1.92. The highest BCUT2D eigenvalue weighted by Gasteiger charge is 2.47. The molecule has 532 valence electrons. The van der Waals surface area contributed by atoms with E-state index in [9.17, 15) is 57.1 Å². The number of rotatable bonds is 14. The SMILES string of the molecule is CCCC[C@@H]1NC(=O)[C@H](Cc2cccc(F)c2F)NC(=O)CN(C)C(=O)[C@H](Cc2ccc(OC)cc2)N(C)C(=O)[C@@H]2CCN2C(=O)[C@H](C)N(C)C(=O)[C@H]([C@@H](C)CC)NC(=O)[C@H](CC)N(C)C(=O)C[C@@H](C(=O)N2CCCCC2)N(C)C(=O)[C@H](CC(C)C)NC(=O)C(C)(C)N(C)C1=O. The molecule has 0 aromatic heterocycles. The first kappa shape index (κ1) is 78.4. The lowest BCUT2D eigenvalue weighted by atomic mass is 9.95. The Morgan fingerprint density at radius 1 is 0.667 bits per heavy atom. The Labute approximate surface area is 564 Å². The minimum Gasteiger partial charge on any atom is -0.497 e. The number of amides is 12. The number of likely N-dealkylation sites (N-methyl/N-ethyl adjacent to an activating group) is 6. The van der Waals surface area contributed by atoms with Crippen LogP contribution < -0.4 is 26.0 Å². The fourth-order valence-electron chi connectivity index (χ4n) is 12.2. The number of hydrogen-bond acceptors (Lipinski definition) is 13. The highest BCUT2D eigenvalue weighted by atomic mass is 19.2. The van der Waals surface area contributed by atoms with Gasteiger partial charge in [0.2, 0.25) is 70.9 Å². The molecule has 2 aromatic rings. The van der Waals surface area contributed by atoms with Crippen LogP contribution in [0.1, 0.15) is 144 Å². The zero-order valence-corrected chi connectivity index (χ0v) is 59.1. The summed E-state index contributed by atoms with van der Waals surface area (Å²) < 4.78 is 35.7. The van der Waals surface area contributed by atoms with Crippen molar-refractivity contribution < 1.29 is 71.1 Å². The maximum absolute atomic E-state index is 15.6. The smallest absolute Gasteiger partial charge is 0.246 e. The van der Waals surface area contributed by atoms with Crippen LogP contribution in [0.4, 0.5) is 8.78 Å². The van der Waals surface area contributed by atoms with Crippen LogP contribution in [0.5, 0.6) is 5.75 Å². The summed E-state index contributed by atoms with van der Waals surface area (Å²) in [5.74, 6) is -11.6. The molecule has 3 heterocycles. The molecule has 3 aliphatic heterocycles. The Morgan fingerprint density at radius 3 is 1.89 bits per heavy atom. The Balaban J connectivity index is 1.63. The van der Waals surface area contributed by atoms with E-state index in [4.69, 9.17) is 4.74 Å². The lowest BCUT2D eigenvalue weighted by Gasteiger charge is -2.45. The number of piperidine rings is 1. The fraction of sp³-hybridized carbons (Fsp3) is 0.652. The number of carbonyl (C=O) groups excluding carboxylic acids is 12. The van der Waals surface area contributed by atoms with Gasteiger partial charge in [0, 0.05) is 74.8 Å². The zero-order valence-electron chi connectivity index (χ0n) is 59.1. The highest BCUT2D eigenvalue weighted by Crippen LogP contribution is 2.27. The van der Waals surface area contributed by atoms with Crippen LogP contribution in [-0.4, -0.2) is 246 Å². The summed E-state index contributed by atoms with van der Waals surface area (Å²) >= 11 is 0. The molecule has 0 radical (unpaired) electrons. The summed E-state index contributed by atoms with van der Waals surface area (Å²) in [6.45, 7) is 15.1. The van der Waals surface area contributed by atoms with E-state index in [1.807, 2.05) is 27.7 Å². The van der Waals surface area contributed by atoms with Crippen LogP contribution in [0.15, 0.2) is 42.5 Å². The van der Waals surface area contributed by atoms with Gasteiger partial charge >= 0.3 is 0 Å². The molecule has 0 bridgehead atoms. The molecule has 0 aliphatic carbocycles. The van der Waals surface area contributed by atoms with Gasteiger partial charge in [0.15, 0.2) is 11.6 Å². The van der Waals surface area contributed by atoms with Crippen molar-refractivity contribution in [2.75, 3.05) is 75.6 Å². The predicted octanol–water partition coefficient (Wildman–Crippen LogP) is 3.43. The van der Waals surface area contributed by atoms with Crippen LogP contribution in [0, 0.1) is 23.5 Å². The van der Waals surface area contributed by atoms with E-state index < -0.39 is 168 Å². The molecule has 3 fully saturated rings. The summed E-state index contributed by atoms with van der Waals surface area (Å²) in [5.41, 5.74) is -1.53. The van der Waals surface area contributed by atoms with Gasteiger partial charge in [-0.3, -0.25) is 57.5 Å². The molecule has 27 heteroatoms. The van der Waals surface area contributed by atoms with Crippen molar-refractivity contribution in [3.63, 3.8) is 0 Å². The maximum atomic E-state index is 15.6. The molecule has 25 nitrogen and oxygen atoms in total. The van der Waals surface area contributed by atoms with Gasteiger partial charge in [-0.25, -0.2) is 8.78 Å². The molecule has 4 N–H and O–H groups in total. The van der Waals surface area contributed by atoms with Crippen molar-refractivity contribution in [1.29, 1.82) is 0 Å². The van der Waals surface area contributed by atoms with Crippen LogP contribution in [0.3, 0.4) is 0 Å². The lowest BCUT2D eigenvalue weighted by molar-refractivity contribution is -0.160. The van der Waals surface area contributed by atoms with E-state index in [0.717, 1.165) is 27.2 Å². The van der Waals surface area contributed by atoms with Gasteiger partial charge in [-0.05, 0) is 107 Å². The van der Waals surface area contributed by atoms with Crippen LogP contribution in [-0.2, 0) is 70.4 Å². The van der Waals surface area contributed by atoms with E-state index in [0.29, 0.717) is 56.5 Å². The molecule has 5 rings (SSSR count). The van der Waals surface area contributed by atoms with Gasteiger partial charge in [-0.2, -0.15) is 0 Å². The molecular formula is C69H104F2N12O13. The van der Waals surface area contributed by atoms with Crippen LogP contribution >= 0.6 is 0 Å². The number of halogens is 2. The normalized spacial score (nSPS) is 25.6. The number of benzene rings is 2. The van der Waals surface area contributed by atoms with Gasteiger partial charge in [-0.15, -0.1) is 0 Å². The molecular weight excluding hydrogens is 1240 g/mol. The van der Waals surface area contributed by atoms with E-state index in [1.54, 1.807) is 43.0 Å². The molecule has 3 saturated heterocycles. The minimum absolute atomic E-state index is 0.00154. The Kier molecular flexibility index (Phi) is 28.7. The van der Waals surface area contributed by atoms with E-state index in [-0.39, 0.29) is 50.1 Å². The van der Waals surface area contributed by atoms with Gasteiger partial charge in [0.05, 0.1) is 20.1 Å². The third-order valence-electron chi connectivity index (χ3n) is 19.4. The van der Waals surface area contributed by atoms with Gasteiger partial charge in [-0.1, -0.05) is 85.1 Å². The average molecular weight is 1350 g/mol. The number of unbranched alkanes of at least 4 members (excludes halogenated alkanes) is 1. The van der Waals surface area contributed by atoms with Crippen molar-refractivity contribution in [3.05, 3.63) is 65.2 Å². The molecule has 3 aliphatic rings. The Morgan fingerprint density at radius 2 is 1.31 bits per heavy atom. The highest BCUT2D eigenvalue weighted by molar-refractivity contribution is 6.01. The number of likely N-dealkylation sites (tertiary alicyclic amines) is 1. The molecule has 10 atom stereocenters. The van der Waals surface area contributed by atoms with Crippen molar-refractivity contribution in [2.45, 2.75) is 206 Å². The zero-order chi connectivity index (χ0) is 71.8. The van der Waals surface area contributed by atoms with Crippen LogP contribution in [0.25, 0.3) is 0 Å². The average Bonchev–Trinajstić information content (AvgIpc) is 0.834. The summed E-state index contributed by atoms with van der Waals surface area (Å²) in [6.07, 6.45) is 2.42. The Bertz CT molecular complexity index is 3130. The first-order valence-corrected chi connectivity index (χ1v) is 33.6. The predicted molar refractivity (Wildman–Crippen MR) is 355 cm³/mol. The molecule has 0 spiro atoms. The van der Waals surface area contributed by atoms with Gasteiger partial charge < -0.3 is 65.2 Å². The van der Waals surface area contributed by atoms with E-state index >= 15 is 9.18 Å². The lowest BCUT2D eigenvalue weighted by Crippen LogP contribution is -2.65. The van der Waals surface area contributed by atoms with Crippen molar-refractivity contribution in [3.8, 4) is 5.75 Å². The summed E-state index contributed by atoms with van der Waals surface area (Å²) in [5, 5.41) is 10.9. The number of methoxy groups -OCH3 is 1. The van der Waals surface area contributed by atoms with Gasteiger partial charge in [0.25, 0.3) is 0 Å². The standard InChI is InChI=1S/C69H104F2N12O13/c1-17-20-27-48-63(90)81(15)69(8,9)68(95)74-50(36-41(4)5)62(89)79(13)54(66(93)82-33-22-21-23-34-82)39-56(85)78(12)51(19-3)60(87)75-58(42(6)18-2)67(94)77(11)43(7)61(88)83-35-32-52(83)65(92)80(14)53(37-44-28-30-46(96-16)31-29-44)64(91)76(10)40-55(84)72-49(59(86)73-48)38-45-25-24-26-47(70)57(45)71/h24-26,28-31,41-43,48-54,58H,17-23,27,32-40H2,1-16H3,(H,72,84)(H,73,86)(H,74,95)(H,75,87)/t42-,43-,48-,49-,50-,51-,52-,53-,54-,58-/m0/s1. The third kappa shape index (κ3) is 19.3. The van der Waals surface area contributed by atoms with E-state index in [1.165, 1.54) is 102 Å². The minimum atomic E-state index is -1.78. The first-order chi connectivity index (χ1) is 45.2. The number of carbonyl (C=O) groups is 12. The fourth-order valence-corrected chi connectivity index (χ4v) is 12.2. The summed E-state index contributed by atoms with van der Waals surface area (Å²) in [7, 11) is 9.65. The molecule has 12 amide bonds. The first-order valence-electron chi connectivity index (χ1n) is 33.6. The second kappa shape index (κ2) is 35.1. The van der Waals surface area contributed by atoms with Crippen molar-refractivity contribution in [1.82, 2.24) is 60.5 Å². The Hall–Kier alpha value is -8.26. The number of fused-ring (bicyclic) bond motifs is 1. The second-order valence-corrected chi connectivity index (χ2v) is 26.9. The summed E-state index contributed by atoms with van der Waals surface area (Å²) in [4.78, 5) is 186. The number of nitrogens with one attached hydrogen (secondary N) is 4. The number of nitrogens with zero attached hydrogens (tertiary/aromatic N) is 8. The second-order valence-electron chi connectivity index (χ2n) is 26.9. The van der Waals surface area contributed by atoms with Crippen LogP contribution in [0.2, 0.25) is 0 Å². The van der Waals surface area contributed by atoms with Crippen molar-refractivity contribution >= 4 is 70.9 Å². The van der Waals surface area contributed by atoms with Crippen molar-refractivity contribution in [2.24, 2.45) is 11.8 Å². The monoisotopic (exact) mass is 1350 g/mol. The largest absolute Gasteiger partial charge is 0.497 e. The van der Waals surface area contributed by atoms with Gasteiger partial charge in [0.1, 0.15) is 65.7 Å². The molecule has 96 heavy (non-hydrogen) atoms.